The van der Waals surface area contributed by atoms with Crippen LogP contribution in [0.3, 0.4) is 0 Å². The zero-order valence-corrected chi connectivity index (χ0v) is 9.42. The van der Waals surface area contributed by atoms with Crippen LogP contribution in [-0.2, 0) is 4.79 Å². The highest BCUT2D eigenvalue weighted by atomic mass is 16.2. The first kappa shape index (κ1) is 12.4. The Hall–Kier alpha value is -0.570. The molecular formula is C10H22N2O. The fourth-order valence-corrected chi connectivity index (χ4v) is 1.01. The third kappa shape index (κ3) is 4.88. The van der Waals surface area contributed by atoms with Gasteiger partial charge in [-0.3, -0.25) is 9.69 Å². The Balaban J connectivity index is 3.82. The minimum Gasteiger partial charge on any atom is -0.343 e. The summed E-state index contributed by atoms with van der Waals surface area (Å²) in [5.41, 5.74) is 0. The van der Waals surface area contributed by atoms with Crippen LogP contribution in [0.5, 0.6) is 0 Å². The number of carbonyl (C=O) groups excluding carboxylic acids is 1. The van der Waals surface area contributed by atoms with E-state index in [1.54, 1.807) is 0 Å². The number of rotatable bonds is 5. The summed E-state index contributed by atoms with van der Waals surface area (Å²) in [6, 6.07) is 0. The van der Waals surface area contributed by atoms with Crippen LogP contribution in [0.15, 0.2) is 0 Å². The van der Waals surface area contributed by atoms with Crippen molar-refractivity contribution in [2.24, 2.45) is 11.8 Å². The van der Waals surface area contributed by atoms with Crippen molar-refractivity contribution in [2.75, 3.05) is 20.8 Å². The van der Waals surface area contributed by atoms with E-state index in [-0.39, 0.29) is 11.8 Å². The van der Waals surface area contributed by atoms with Gasteiger partial charge in [-0.2, -0.15) is 0 Å². The molecule has 0 bridgehead atoms. The van der Waals surface area contributed by atoms with Gasteiger partial charge in [-0.25, -0.2) is 0 Å². The highest BCUT2D eigenvalue weighted by Gasteiger charge is 2.17. The Bertz CT molecular complexity index is 157. The lowest BCUT2D eigenvalue weighted by Gasteiger charge is -2.19. The van der Waals surface area contributed by atoms with E-state index in [0.29, 0.717) is 12.6 Å². The summed E-state index contributed by atoms with van der Waals surface area (Å²) in [5.74, 6) is 0.732. The Morgan fingerprint density at radius 1 is 1.38 bits per heavy atom. The molecular weight excluding hydrogens is 164 g/mol. The van der Waals surface area contributed by atoms with Crippen molar-refractivity contribution >= 4 is 5.91 Å². The Morgan fingerprint density at radius 3 is 2.31 bits per heavy atom. The van der Waals surface area contributed by atoms with E-state index < -0.39 is 0 Å². The van der Waals surface area contributed by atoms with Gasteiger partial charge in [0.05, 0.1) is 6.67 Å². The smallest absolute Gasteiger partial charge is 0.224 e. The van der Waals surface area contributed by atoms with Gasteiger partial charge in [0, 0.05) is 5.92 Å². The number of carbonyl (C=O) groups is 1. The van der Waals surface area contributed by atoms with Crippen molar-refractivity contribution in [3.05, 3.63) is 0 Å². The molecule has 0 aliphatic rings. The molecule has 0 aliphatic carbocycles. The molecule has 0 spiro atoms. The highest BCUT2D eigenvalue weighted by molar-refractivity contribution is 5.78. The lowest BCUT2D eigenvalue weighted by atomic mass is 9.93. The van der Waals surface area contributed by atoms with Crippen LogP contribution < -0.4 is 5.32 Å². The highest BCUT2D eigenvalue weighted by Crippen LogP contribution is 2.13. The second-order valence-electron chi connectivity index (χ2n) is 3.95. The molecule has 0 heterocycles. The first-order valence-corrected chi connectivity index (χ1v) is 4.91. The number of nitrogens with zero attached hydrogens (tertiary/aromatic N) is 1. The number of hydrogen-bond acceptors (Lipinski definition) is 2. The lowest BCUT2D eigenvalue weighted by molar-refractivity contribution is -0.126. The topological polar surface area (TPSA) is 32.3 Å². The zero-order chi connectivity index (χ0) is 10.4. The molecule has 0 saturated heterocycles. The van der Waals surface area contributed by atoms with E-state index in [0.717, 1.165) is 6.42 Å². The molecule has 3 nitrogen and oxygen atoms in total. The molecule has 0 saturated carbocycles. The van der Waals surface area contributed by atoms with Gasteiger partial charge in [-0.15, -0.1) is 0 Å². The lowest BCUT2D eigenvalue weighted by Crippen LogP contribution is -2.38. The number of nitrogens with one attached hydrogen (secondary N) is 1. The van der Waals surface area contributed by atoms with Gasteiger partial charge in [-0.1, -0.05) is 27.2 Å². The predicted octanol–water partition coefficient (Wildman–Crippen LogP) is 1.30. The maximum Gasteiger partial charge on any atom is 0.224 e. The van der Waals surface area contributed by atoms with Gasteiger partial charge in [0.1, 0.15) is 0 Å². The number of amides is 1. The van der Waals surface area contributed by atoms with E-state index in [4.69, 9.17) is 0 Å². The second kappa shape index (κ2) is 5.97. The van der Waals surface area contributed by atoms with Gasteiger partial charge < -0.3 is 5.32 Å². The van der Waals surface area contributed by atoms with Crippen molar-refractivity contribution < 1.29 is 4.79 Å². The molecule has 0 fully saturated rings. The van der Waals surface area contributed by atoms with Crippen molar-refractivity contribution in [2.45, 2.75) is 27.2 Å². The summed E-state index contributed by atoms with van der Waals surface area (Å²) >= 11 is 0. The third-order valence-electron chi connectivity index (χ3n) is 2.48. The van der Waals surface area contributed by atoms with Crippen molar-refractivity contribution in [3.63, 3.8) is 0 Å². The molecule has 13 heavy (non-hydrogen) atoms. The second-order valence-corrected chi connectivity index (χ2v) is 3.95. The summed E-state index contributed by atoms with van der Waals surface area (Å²) < 4.78 is 0. The molecule has 3 heteroatoms. The average molecular weight is 186 g/mol. The standard InChI is InChI=1S/C10H22N2O/c1-6-8(2)9(3)10(13)11-7-12(4)5/h8-9H,6-7H2,1-5H3,(H,11,13). The monoisotopic (exact) mass is 186 g/mol. The third-order valence-corrected chi connectivity index (χ3v) is 2.48. The maximum atomic E-state index is 11.5. The van der Waals surface area contributed by atoms with Crippen molar-refractivity contribution in [1.82, 2.24) is 10.2 Å². The van der Waals surface area contributed by atoms with Crippen LogP contribution in [-0.4, -0.2) is 31.6 Å². The molecule has 0 aromatic heterocycles. The Kier molecular flexibility index (Phi) is 5.71. The fourth-order valence-electron chi connectivity index (χ4n) is 1.01. The average Bonchev–Trinajstić information content (AvgIpc) is 2.11. The molecule has 2 unspecified atom stereocenters. The van der Waals surface area contributed by atoms with E-state index in [9.17, 15) is 4.79 Å². The van der Waals surface area contributed by atoms with Crippen LogP contribution in [0.4, 0.5) is 0 Å². The fraction of sp³-hybridized carbons (Fsp3) is 0.900. The van der Waals surface area contributed by atoms with Crippen LogP contribution in [0.2, 0.25) is 0 Å². The molecule has 0 rings (SSSR count). The molecule has 0 aromatic rings. The Labute approximate surface area is 81.5 Å². The minimum atomic E-state index is 0.116. The minimum absolute atomic E-state index is 0.116. The zero-order valence-electron chi connectivity index (χ0n) is 9.42. The van der Waals surface area contributed by atoms with E-state index in [2.05, 4.69) is 19.2 Å². The molecule has 1 N–H and O–H groups in total. The summed E-state index contributed by atoms with van der Waals surface area (Å²) in [6.07, 6.45) is 1.05. The van der Waals surface area contributed by atoms with Gasteiger partial charge in [0.2, 0.25) is 5.91 Å². The number of hydrogen-bond donors (Lipinski definition) is 1. The van der Waals surface area contributed by atoms with Gasteiger partial charge >= 0.3 is 0 Å². The first-order chi connectivity index (χ1) is 5.99. The predicted molar refractivity (Wildman–Crippen MR) is 55.3 cm³/mol. The van der Waals surface area contributed by atoms with Gasteiger partial charge in [0.15, 0.2) is 0 Å². The van der Waals surface area contributed by atoms with Crippen LogP contribution in [0.25, 0.3) is 0 Å². The van der Waals surface area contributed by atoms with Crippen LogP contribution in [0.1, 0.15) is 27.2 Å². The largest absolute Gasteiger partial charge is 0.343 e. The van der Waals surface area contributed by atoms with E-state index in [1.807, 2.05) is 25.9 Å². The molecule has 0 radical (unpaired) electrons. The molecule has 78 valence electrons. The maximum absolute atomic E-state index is 11.5. The van der Waals surface area contributed by atoms with Gasteiger partial charge in [-0.05, 0) is 20.0 Å². The summed E-state index contributed by atoms with van der Waals surface area (Å²) in [4.78, 5) is 13.5. The summed E-state index contributed by atoms with van der Waals surface area (Å²) in [5, 5.41) is 2.88. The molecule has 2 atom stereocenters. The molecule has 0 aromatic carbocycles. The van der Waals surface area contributed by atoms with E-state index in [1.165, 1.54) is 0 Å². The Morgan fingerprint density at radius 2 is 1.92 bits per heavy atom. The van der Waals surface area contributed by atoms with Crippen LogP contribution in [0, 0.1) is 11.8 Å². The summed E-state index contributed by atoms with van der Waals surface area (Å²) in [6.45, 7) is 6.83. The van der Waals surface area contributed by atoms with Crippen molar-refractivity contribution in [3.8, 4) is 0 Å². The van der Waals surface area contributed by atoms with Gasteiger partial charge in [0.25, 0.3) is 0 Å². The molecule has 0 aliphatic heterocycles. The normalized spacial score (nSPS) is 15.5. The quantitative estimate of drug-likeness (QED) is 0.656. The molecule has 1 amide bonds. The first-order valence-electron chi connectivity index (χ1n) is 4.91. The van der Waals surface area contributed by atoms with E-state index >= 15 is 0 Å². The summed E-state index contributed by atoms with van der Waals surface area (Å²) in [7, 11) is 3.88. The SMILES string of the molecule is CCC(C)C(C)C(=O)NCN(C)C. The van der Waals surface area contributed by atoms with Crippen molar-refractivity contribution in [1.29, 1.82) is 0 Å². The van der Waals surface area contributed by atoms with Crippen LogP contribution >= 0.6 is 0 Å².